The lowest BCUT2D eigenvalue weighted by Crippen LogP contribution is -2.06. The third-order valence-electron chi connectivity index (χ3n) is 3.12. The molecule has 0 amide bonds. The number of nitrogens with zero attached hydrogens (tertiary/aromatic N) is 1. The van der Waals surface area contributed by atoms with Crippen molar-refractivity contribution in [3.8, 4) is 0 Å². The van der Waals surface area contributed by atoms with E-state index in [4.69, 9.17) is 4.42 Å². The van der Waals surface area contributed by atoms with Crippen LogP contribution in [0.3, 0.4) is 0 Å². The van der Waals surface area contributed by atoms with Gasteiger partial charge in [0.15, 0.2) is 11.3 Å². The van der Waals surface area contributed by atoms with Crippen LogP contribution in [0.5, 0.6) is 0 Å². The lowest BCUT2D eigenvalue weighted by atomic mass is 10.2. The van der Waals surface area contributed by atoms with Crippen molar-refractivity contribution >= 4 is 23.3 Å². The highest BCUT2D eigenvalue weighted by molar-refractivity contribution is 5.72. The van der Waals surface area contributed by atoms with Crippen molar-refractivity contribution in [3.05, 3.63) is 87.9 Å². The zero-order valence-corrected chi connectivity index (χ0v) is 11.9. The molecule has 0 aliphatic heterocycles. The van der Waals surface area contributed by atoms with Gasteiger partial charge in [0.25, 0.3) is 0 Å². The van der Waals surface area contributed by atoms with Crippen LogP contribution in [-0.4, -0.2) is 10.1 Å². The van der Waals surface area contributed by atoms with Crippen LogP contribution >= 0.6 is 0 Å². The summed E-state index contributed by atoms with van der Waals surface area (Å²) in [6.45, 7) is 0. The number of aliphatic hydroxyl groups is 1. The Labute approximate surface area is 130 Å². The number of aliphatic hydroxyl groups excluding tert-OH is 1. The summed E-state index contributed by atoms with van der Waals surface area (Å²) in [5.74, 6) is -0.496. The molecule has 4 nitrogen and oxygen atoms in total. The Kier molecular flexibility index (Phi) is 4.01. The maximum atomic E-state index is 12.8. The molecule has 1 heterocycles. The molecular formula is C18H12FNO3. The van der Waals surface area contributed by atoms with Crippen LogP contribution in [-0.2, 0) is 0 Å². The molecule has 1 N–H and O–H groups in total. The minimum atomic E-state index is -0.634. The first-order chi connectivity index (χ1) is 11.1. The van der Waals surface area contributed by atoms with Crippen LogP contribution in [0.4, 0.5) is 4.39 Å². The fourth-order valence-electron chi connectivity index (χ4n) is 2.00. The van der Waals surface area contributed by atoms with E-state index in [1.807, 2.05) is 0 Å². The molecule has 2 aromatic carbocycles. The van der Waals surface area contributed by atoms with E-state index in [0.29, 0.717) is 16.7 Å². The Bertz CT molecular complexity index is 956. The first kappa shape index (κ1) is 14.7. The first-order valence-corrected chi connectivity index (χ1v) is 6.86. The van der Waals surface area contributed by atoms with E-state index in [1.165, 1.54) is 24.3 Å². The highest BCUT2D eigenvalue weighted by Crippen LogP contribution is 2.11. The van der Waals surface area contributed by atoms with E-state index in [-0.39, 0.29) is 17.3 Å². The third kappa shape index (κ3) is 3.52. The minimum absolute atomic E-state index is 0.00459. The van der Waals surface area contributed by atoms with E-state index < -0.39 is 5.63 Å². The Morgan fingerprint density at radius 2 is 1.87 bits per heavy atom. The van der Waals surface area contributed by atoms with Gasteiger partial charge >= 0.3 is 5.63 Å². The fourth-order valence-corrected chi connectivity index (χ4v) is 2.00. The molecule has 0 fully saturated rings. The summed E-state index contributed by atoms with van der Waals surface area (Å²) in [6.07, 6.45) is 4.20. The van der Waals surface area contributed by atoms with E-state index in [9.17, 15) is 14.3 Å². The molecule has 0 radical (unpaired) electrons. The topological polar surface area (TPSA) is 63.3 Å². The van der Waals surface area contributed by atoms with E-state index in [0.717, 1.165) is 0 Å². The number of allylic oxidation sites excluding steroid dienone is 1. The quantitative estimate of drug-likeness (QED) is 0.588. The second-order valence-corrected chi connectivity index (χ2v) is 4.81. The van der Waals surface area contributed by atoms with Gasteiger partial charge in [-0.05, 0) is 35.9 Å². The molecule has 0 bridgehead atoms. The van der Waals surface area contributed by atoms with Crippen LogP contribution < -0.4 is 5.63 Å². The van der Waals surface area contributed by atoms with Crippen LogP contribution in [0, 0.1) is 5.82 Å². The van der Waals surface area contributed by atoms with Gasteiger partial charge in [0.2, 0.25) is 0 Å². The second kappa shape index (κ2) is 6.27. The Hall–Kier alpha value is -3.21. The standard InChI is InChI=1S/C18H12FNO3/c19-13-8-5-12(6-9-13)7-10-14(21)11-16-18(22)23-17-4-2-1-3-15(17)20-16/h1-11,21H/b10-7+,14-11?. The van der Waals surface area contributed by atoms with Gasteiger partial charge in [0, 0.05) is 6.08 Å². The smallest absolute Gasteiger partial charge is 0.362 e. The van der Waals surface area contributed by atoms with Crippen molar-refractivity contribution in [1.29, 1.82) is 0 Å². The number of fused-ring (bicyclic) bond motifs is 1. The molecule has 0 aliphatic carbocycles. The summed E-state index contributed by atoms with van der Waals surface area (Å²) >= 11 is 0. The van der Waals surface area contributed by atoms with Crippen LogP contribution in [0.25, 0.3) is 23.3 Å². The van der Waals surface area contributed by atoms with E-state index >= 15 is 0 Å². The van der Waals surface area contributed by atoms with Crippen molar-refractivity contribution < 1.29 is 13.9 Å². The summed E-state index contributed by atoms with van der Waals surface area (Å²) in [6, 6.07) is 12.7. The number of rotatable bonds is 3. The van der Waals surface area contributed by atoms with Gasteiger partial charge in [0.1, 0.15) is 17.1 Å². The summed E-state index contributed by atoms with van der Waals surface area (Å²) in [4.78, 5) is 16.0. The highest BCUT2D eigenvalue weighted by Gasteiger charge is 2.05. The van der Waals surface area contributed by atoms with Gasteiger partial charge in [-0.1, -0.05) is 30.3 Å². The zero-order valence-electron chi connectivity index (χ0n) is 11.9. The van der Waals surface area contributed by atoms with Gasteiger partial charge in [-0.2, -0.15) is 0 Å². The normalized spacial score (nSPS) is 12.1. The predicted octanol–water partition coefficient (Wildman–Crippen LogP) is 3.94. The molecule has 5 heteroatoms. The van der Waals surface area contributed by atoms with Crippen molar-refractivity contribution in [3.63, 3.8) is 0 Å². The van der Waals surface area contributed by atoms with Crippen molar-refractivity contribution in [2.45, 2.75) is 0 Å². The molecule has 3 rings (SSSR count). The molecule has 23 heavy (non-hydrogen) atoms. The number of aromatic nitrogens is 1. The van der Waals surface area contributed by atoms with Gasteiger partial charge in [-0.3, -0.25) is 0 Å². The summed E-state index contributed by atoms with van der Waals surface area (Å²) in [5, 5.41) is 9.89. The Morgan fingerprint density at radius 1 is 1.13 bits per heavy atom. The highest BCUT2D eigenvalue weighted by atomic mass is 19.1. The number of benzene rings is 2. The largest absolute Gasteiger partial charge is 0.508 e. The fraction of sp³-hybridized carbons (Fsp3) is 0. The van der Waals surface area contributed by atoms with E-state index in [1.54, 1.807) is 42.5 Å². The number of hydrogen-bond acceptors (Lipinski definition) is 4. The zero-order chi connectivity index (χ0) is 16.2. The monoisotopic (exact) mass is 309 g/mol. The number of halogens is 1. The minimum Gasteiger partial charge on any atom is -0.508 e. The first-order valence-electron chi connectivity index (χ1n) is 6.86. The van der Waals surface area contributed by atoms with Gasteiger partial charge in [-0.15, -0.1) is 0 Å². The molecule has 0 aliphatic rings. The SMILES string of the molecule is O=c1oc2ccccc2nc1C=C(O)/C=C/c1ccc(F)cc1. The summed E-state index contributed by atoms with van der Waals surface area (Å²) in [5.41, 5.74) is 0.991. The summed E-state index contributed by atoms with van der Waals surface area (Å²) in [7, 11) is 0. The second-order valence-electron chi connectivity index (χ2n) is 4.81. The lowest BCUT2D eigenvalue weighted by Gasteiger charge is -1.97. The molecule has 0 unspecified atom stereocenters. The van der Waals surface area contributed by atoms with E-state index in [2.05, 4.69) is 4.98 Å². The average molecular weight is 309 g/mol. The van der Waals surface area contributed by atoms with Crippen LogP contribution in [0.2, 0.25) is 0 Å². The maximum absolute atomic E-state index is 12.8. The number of para-hydroxylation sites is 2. The summed E-state index contributed by atoms with van der Waals surface area (Å²) < 4.78 is 17.9. The third-order valence-corrected chi connectivity index (χ3v) is 3.12. The number of hydrogen-bond donors (Lipinski definition) is 1. The van der Waals surface area contributed by atoms with Gasteiger partial charge < -0.3 is 9.52 Å². The average Bonchev–Trinajstić information content (AvgIpc) is 2.55. The molecule has 3 aromatic rings. The van der Waals surface area contributed by atoms with Crippen LogP contribution in [0.15, 0.2) is 69.6 Å². The molecule has 0 spiro atoms. The molecule has 114 valence electrons. The van der Waals surface area contributed by atoms with Crippen molar-refractivity contribution in [2.75, 3.05) is 0 Å². The van der Waals surface area contributed by atoms with Gasteiger partial charge in [-0.25, -0.2) is 14.2 Å². The molecule has 0 saturated heterocycles. The van der Waals surface area contributed by atoms with Crippen LogP contribution in [0.1, 0.15) is 11.3 Å². The van der Waals surface area contributed by atoms with Crippen molar-refractivity contribution in [2.24, 2.45) is 0 Å². The maximum Gasteiger partial charge on any atom is 0.362 e. The Balaban J connectivity index is 1.89. The molecular weight excluding hydrogens is 297 g/mol. The molecule has 1 aromatic heterocycles. The molecule has 0 saturated carbocycles. The van der Waals surface area contributed by atoms with Crippen molar-refractivity contribution in [1.82, 2.24) is 4.98 Å². The predicted molar refractivity (Wildman–Crippen MR) is 86.3 cm³/mol. The van der Waals surface area contributed by atoms with Gasteiger partial charge in [0.05, 0.1) is 0 Å². The Morgan fingerprint density at radius 3 is 2.65 bits per heavy atom. The molecule has 0 atom stereocenters. The lowest BCUT2D eigenvalue weighted by molar-refractivity contribution is 0.437.